The third-order valence-electron chi connectivity index (χ3n) is 1.05. The first-order valence-corrected chi connectivity index (χ1v) is 2.86. The Hall–Kier alpha value is -2.20. The Labute approximate surface area is 67.1 Å². The van der Waals surface area contributed by atoms with Gasteiger partial charge >= 0.3 is 11.9 Å². The molecule has 0 aromatic heterocycles. The lowest BCUT2D eigenvalue weighted by atomic mass is 10.2. The second-order valence-electron chi connectivity index (χ2n) is 1.86. The van der Waals surface area contributed by atoms with Gasteiger partial charge in [0.25, 0.3) is 0 Å². The Morgan fingerprint density at radius 1 is 0.917 bits per heavy atom. The molecule has 1 rings (SSSR count). The fourth-order valence-electron chi connectivity index (χ4n) is 0.526. The minimum absolute atomic E-state index is 0.278. The van der Waals surface area contributed by atoms with Crippen LogP contribution in [0.5, 0.6) is 0 Å². The third-order valence-corrected chi connectivity index (χ3v) is 1.05. The Bertz CT molecular complexity index is 380. The van der Waals surface area contributed by atoms with E-state index < -0.39 is 11.9 Å². The van der Waals surface area contributed by atoms with Gasteiger partial charge in [-0.15, -0.1) is 0 Å². The minimum atomic E-state index is -1.24. The smallest absolute Gasteiger partial charge is 0.352 e. The number of carbonyl (C=O) groups is 2. The highest BCUT2D eigenvalue weighted by Gasteiger charge is 2.08. The molecule has 0 radical (unpaired) electrons. The SMILES string of the molecule is O=C(O)C1=C=C=C(C(=O)O)C#C1. The van der Waals surface area contributed by atoms with Gasteiger partial charge in [-0.25, -0.2) is 9.59 Å². The molecule has 2 N–H and O–H groups in total. The molecular formula is C8H2O4. The lowest BCUT2D eigenvalue weighted by Crippen LogP contribution is -2.01. The van der Waals surface area contributed by atoms with Gasteiger partial charge in [-0.1, -0.05) is 0 Å². The largest absolute Gasteiger partial charge is 0.477 e. The van der Waals surface area contributed by atoms with E-state index >= 15 is 0 Å². The van der Waals surface area contributed by atoms with E-state index in [1.54, 1.807) is 0 Å². The lowest BCUT2D eigenvalue weighted by molar-refractivity contribution is -0.133. The van der Waals surface area contributed by atoms with Crippen molar-refractivity contribution in [3.05, 3.63) is 22.6 Å². The van der Waals surface area contributed by atoms with E-state index in [-0.39, 0.29) is 11.1 Å². The second kappa shape index (κ2) is 2.81. The summed E-state index contributed by atoms with van der Waals surface area (Å²) in [7, 11) is 0. The molecule has 0 bridgehead atoms. The number of carboxylic acid groups (broad SMARTS) is 2. The van der Waals surface area contributed by atoms with Crippen LogP contribution in [0.3, 0.4) is 0 Å². The summed E-state index contributed by atoms with van der Waals surface area (Å²) in [6, 6.07) is 0. The Morgan fingerprint density at radius 2 is 1.25 bits per heavy atom. The van der Waals surface area contributed by atoms with Crippen LogP contribution in [0.25, 0.3) is 0 Å². The summed E-state index contributed by atoms with van der Waals surface area (Å²) in [6.45, 7) is 0. The van der Waals surface area contributed by atoms with Crippen molar-refractivity contribution < 1.29 is 19.8 Å². The van der Waals surface area contributed by atoms with E-state index in [2.05, 4.69) is 23.3 Å². The number of hydrogen-bond acceptors (Lipinski definition) is 2. The van der Waals surface area contributed by atoms with Crippen molar-refractivity contribution in [1.82, 2.24) is 0 Å². The molecular weight excluding hydrogens is 160 g/mol. The summed E-state index contributed by atoms with van der Waals surface area (Å²) in [6.07, 6.45) is 0. The topological polar surface area (TPSA) is 74.6 Å². The van der Waals surface area contributed by atoms with Gasteiger partial charge in [0, 0.05) is 0 Å². The molecule has 0 aromatic carbocycles. The first-order chi connectivity index (χ1) is 5.61. The van der Waals surface area contributed by atoms with Gasteiger partial charge < -0.3 is 10.2 Å². The van der Waals surface area contributed by atoms with Crippen LogP contribution in [0.1, 0.15) is 0 Å². The standard InChI is InChI=1S/C8H2O4/c9-7(10)5-1-2-6(4-3-5)8(11)12/h(H,9,10)(H,11,12). The number of carboxylic acids is 2. The summed E-state index contributed by atoms with van der Waals surface area (Å²) in [4.78, 5) is 20.5. The van der Waals surface area contributed by atoms with Gasteiger partial charge in [-0.2, -0.15) is 0 Å². The highest BCUT2D eigenvalue weighted by molar-refractivity contribution is 5.96. The van der Waals surface area contributed by atoms with Crippen molar-refractivity contribution in [2.75, 3.05) is 0 Å². The fourth-order valence-corrected chi connectivity index (χ4v) is 0.526. The van der Waals surface area contributed by atoms with E-state index in [1.807, 2.05) is 0 Å². The normalized spacial score (nSPS) is 12.3. The van der Waals surface area contributed by atoms with Crippen LogP contribution in [-0.4, -0.2) is 22.2 Å². The molecule has 0 atom stereocenters. The molecule has 0 saturated carbocycles. The van der Waals surface area contributed by atoms with E-state index in [1.165, 1.54) is 0 Å². The molecule has 0 fully saturated rings. The molecule has 0 aromatic rings. The summed E-state index contributed by atoms with van der Waals surface area (Å²) >= 11 is 0. The van der Waals surface area contributed by atoms with Crippen LogP contribution in [0.15, 0.2) is 22.6 Å². The number of hydrogen-bond donors (Lipinski definition) is 2. The molecule has 12 heavy (non-hydrogen) atoms. The molecule has 1 aliphatic carbocycles. The fraction of sp³-hybridized carbons (Fsp3) is 0. The monoisotopic (exact) mass is 162 g/mol. The van der Waals surface area contributed by atoms with Crippen molar-refractivity contribution in [3.8, 4) is 11.8 Å². The van der Waals surface area contributed by atoms with Crippen molar-refractivity contribution in [1.29, 1.82) is 0 Å². The first kappa shape index (κ1) is 7.90. The highest BCUT2D eigenvalue weighted by Crippen LogP contribution is 1.97. The molecule has 4 nitrogen and oxygen atoms in total. The molecule has 4 heteroatoms. The predicted octanol–water partition coefficient (Wildman–Crippen LogP) is -0.221. The molecule has 0 saturated heterocycles. The van der Waals surface area contributed by atoms with E-state index in [9.17, 15) is 9.59 Å². The maximum Gasteiger partial charge on any atom is 0.352 e. The first-order valence-electron chi connectivity index (χ1n) is 2.86. The second-order valence-corrected chi connectivity index (χ2v) is 1.86. The summed E-state index contributed by atoms with van der Waals surface area (Å²) in [5.74, 6) is 1.78. The van der Waals surface area contributed by atoms with Gasteiger partial charge in [0.2, 0.25) is 0 Å². The van der Waals surface area contributed by atoms with E-state index in [4.69, 9.17) is 10.2 Å². The summed E-state index contributed by atoms with van der Waals surface area (Å²) < 4.78 is 0. The molecule has 0 aliphatic heterocycles. The maximum absolute atomic E-state index is 10.2. The van der Waals surface area contributed by atoms with Crippen molar-refractivity contribution in [2.24, 2.45) is 0 Å². The van der Waals surface area contributed by atoms with E-state index in [0.29, 0.717) is 0 Å². The number of rotatable bonds is 2. The Kier molecular flexibility index (Phi) is 1.85. The van der Waals surface area contributed by atoms with Gasteiger partial charge in [-0.3, -0.25) is 0 Å². The average molecular weight is 162 g/mol. The molecule has 0 unspecified atom stereocenters. The van der Waals surface area contributed by atoms with Crippen molar-refractivity contribution in [2.45, 2.75) is 0 Å². The molecule has 58 valence electrons. The average Bonchev–Trinajstić information content (AvgIpc) is 2.04. The van der Waals surface area contributed by atoms with Crippen molar-refractivity contribution in [3.63, 3.8) is 0 Å². The van der Waals surface area contributed by atoms with Gasteiger partial charge in [0.1, 0.15) is 0 Å². The highest BCUT2D eigenvalue weighted by atomic mass is 16.4. The van der Waals surface area contributed by atoms with Crippen LogP contribution < -0.4 is 0 Å². The zero-order chi connectivity index (χ0) is 9.14. The zero-order valence-corrected chi connectivity index (χ0v) is 5.71. The van der Waals surface area contributed by atoms with Crippen LogP contribution >= 0.6 is 0 Å². The molecule has 0 amide bonds. The lowest BCUT2D eigenvalue weighted by Gasteiger charge is -1.89. The predicted molar refractivity (Wildman–Crippen MR) is 37.1 cm³/mol. The minimum Gasteiger partial charge on any atom is -0.477 e. The van der Waals surface area contributed by atoms with Crippen LogP contribution in [0, 0.1) is 11.8 Å². The Morgan fingerprint density at radius 3 is 1.42 bits per heavy atom. The Balaban J connectivity index is 3.22. The summed E-state index contributed by atoms with van der Waals surface area (Å²) in [5.41, 5.74) is 3.70. The summed E-state index contributed by atoms with van der Waals surface area (Å²) in [5, 5.41) is 16.7. The third kappa shape index (κ3) is 1.44. The van der Waals surface area contributed by atoms with Gasteiger partial charge in [0.05, 0.1) is 0 Å². The number of aliphatic carboxylic acids is 2. The van der Waals surface area contributed by atoms with Crippen LogP contribution in [-0.2, 0) is 9.59 Å². The van der Waals surface area contributed by atoms with Crippen LogP contribution in [0.2, 0.25) is 0 Å². The van der Waals surface area contributed by atoms with Crippen LogP contribution in [0.4, 0.5) is 0 Å². The molecule has 1 aliphatic rings. The van der Waals surface area contributed by atoms with Gasteiger partial charge in [-0.05, 0) is 23.3 Å². The zero-order valence-electron chi connectivity index (χ0n) is 5.71. The molecule has 0 spiro atoms. The van der Waals surface area contributed by atoms with Gasteiger partial charge in [0.15, 0.2) is 11.1 Å². The quantitative estimate of drug-likeness (QED) is 0.434. The van der Waals surface area contributed by atoms with E-state index in [0.717, 1.165) is 0 Å². The molecule has 0 heterocycles. The van der Waals surface area contributed by atoms with Crippen molar-refractivity contribution >= 4 is 11.9 Å². The maximum atomic E-state index is 10.2.